The van der Waals surface area contributed by atoms with Crippen molar-refractivity contribution in [2.24, 2.45) is 0 Å². The molecule has 1 saturated heterocycles. The Kier molecular flexibility index (Phi) is 3.49. The maximum absolute atomic E-state index is 11.7. The Morgan fingerprint density at radius 2 is 2.53 bits per heavy atom. The van der Waals surface area contributed by atoms with Gasteiger partial charge in [-0.05, 0) is 31.9 Å². The number of carbonyl (C=O) groups is 1. The van der Waals surface area contributed by atoms with Crippen LogP contribution in [0, 0.1) is 0 Å². The average molecular weight is 239 g/mol. The molecule has 2 atom stereocenters. The second kappa shape index (κ2) is 4.89. The van der Waals surface area contributed by atoms with Gasteiger partial charge in [0.25, 0.3) is 0 Å². The molecule has 2 N–H and O–H groups in total. The van der Waals surface area contributed by atoms with Gasteiger partial charge in [-0.25, -0.2) is 0 Å². The average Bonchev–Trinajstić information content (AvgIpc) is 2.97. The highest BCUT2D eigenvalue weighted by atomic mass is 16.5. The smallest absolute Gasteiger partial charge is 0.249 e. The number of rotatable bonds is 4. The number of nitrogens with one attached hydrogen (secondary N) is 1. The molecule has 1 amide bonds. The molecule has 0 saturated carbocycles. The monoisotopic (exact) mass is 239 g/mol. The van der Waals surface area contributed by atoms with Crippen molar-refractivity contribution in [3.8, 4) is 0 Å². The lowest BCUT2D eigenvalue weighted by Gasteiger charge is -2.22. The summed E-state index contributed by atoms with van der Waals surface area (Å²) in [6.07, 6.45) is 2.77. The summed E-state index contributed by atoms with van der Waals surface area (Å²) in [5, 5.41) is 12.8. The third-order valence-electron chi connectivity index (χ3n) is 2.88. The molecule has 5 heteroatoms. The molecule has 0 aromatic carbocycles. The van der Waals surface area contributed by atoms with Crippen LogP contribution in [0.3, 0.4) is 0 Å². The van der Waals surface area contributed by atoms with Crippen molar-refractivity contribution in [2.45, 2.75) is 31.5 Å². The summed E-state index contributed by atoms with van der Waals surface area (Å²) in [6.45, 7) is 2.34. The van der Waals surface area contributed by atoms with E-state index in [1.807, 2.05) is 0 Å². The van der Waals surface area contributed by atoms with Gasteiger partial charge in [0.05, 0.1) is 12.8 Å². The molecule has 1 aromatic heterocycles. The number of carbonyl (C=O) groups excluding carboxylic acids is 1. The van der Waals surface area contributed by atoms with Crippen LogP contribution >= 0.6 is 0 Å². The molecule has 2 heterocycles. The second-order valence-corrected chi connectivity index (χ2v) is 4.47. The van der Waals surface area contributed by atoms with E-state index in [0.29, 0.717) is 12.4 Å². The minimum Gasteiger partial charge on any atom is -0.466 e. The van der Waals surface area contributed by atoms with Gasteiger partial charge in [-0.1, -0.05) is 0 Å². The van der Waals surface area contributed by atoms with Crippen LogP contribution in [-0.4, -0.2) is 30.3 Å². The van der Waals surface area contributed by atoms with Crippen molar-refractivity contribution in [2.75, 3.05) is 13.2 Å². The molecule has 0 aliphatic carbocycles. The van der Waals surface area contributed by atoms with Crippen LogP contribution in [-0.2, 0) is 15.1 Å². The number of aliphatic hydroxyl groups is 1. The van der Waals surface area contributed by atoms with Gasteiger partial charge in [-0.15, -0.1) is 0 Å². The van der Waals surface area contributed by atoms with Crippen molar-refractivity contribution < 1.29 is 19.1 Å². The molecule has 2 rings (SSSR count). The lowest BCUT2D eigenvalue weighted by Crippen LogP contribution is -2.42. The lowest BCUT2D eigenvalue weighted by molar-refractivity contribution is -0.131. The van der Waals surface area contributed by atoms with E-state index in [1.54, 1.807) is 19.1 Å². The van der Waals surface area contributed by atoms with E-state index >= 15 is 0 Å². The van der Waals surface area contributed by atoms with Gasteiger partial charge >= 0.3 is 0 Å². The maximum atomic E-state index is 11.7. The SMILES string of the molecule is CC(O)(CNC(=O)C1CCCO1)c1ccco1. The molecule has 1 aliphatic heterocycles. The summed E-state index contributed by atoms with van der Waals surface area (Å²) >= 11 is 0. The first-order valence-electron chi connectivity index (χ1n) is 5.75. The largest absolute Gasteiger partial charge is 0.466 e. The van der Waals surface area contributed by atoms with Crippen LogP contribution in [0.4, 0.5) is 0 Å². The molecule has 5 nitrogen and oxygen atoms in total. The van der Waals surface area contributed by atoms with E-state index in [1.165, 1.54) is 6.26 Å². The topological polar surface area (TPSA) is 71.7 Å². The van der Waals surface area contributed by atoms with Crippen molar-refractivity contribution in [1.29, 1.82) is 0 Å². The maximum Gasteiger partial charge on any atom is 0.249 e. The summed E-state index contributed by atoms with van der Waals surface area (Å²) in [6, 6.07) is 3.38. The first kappa shape index (κ1) is 12.1. The lowest BCUT2D eigenvalue weighted by atomic mass is 10.0. The van der Waals surface area contributed by atoms with Crippen LogP contribution in [0.1, 0.15) is 25.5 Å². The quantitative estimate of drug-likeness (QED) is 0.814. The van der Waals surface area contributed by atoms with Crippen LogP contribution in [0.25, 0.3) is 0 Å². The predicted octanol–water partition coefficient (Wildman–Crippen LogP) is 0.782. The van der Waals surface area contributed by atoms with E-state index < -0.39 is 5.60 Å². The number of ether oxygens (including phenoxy) is 1. The minimum absolute atomic E-state index is 0.110. The fourth-order valence-corrected chi connectivity index (χ4v) is 1.83. The Morgan fingerprint density at radius 1 is 1.71 bits per heavy atom. The van der Waals surface area contributed by atoms with E-state index in [2.05, 4.69) is 5.32 Å². The minimum atomic E-state index is -1.20. The van der Waals surface area contributed by atoms with Gasteiger partial charge in [-0.3, -0.25) is 4.79 Å². The second-order valence-electron chi connectivity index (χ2n) is 4.47. The Hall–Kier alpha value is -1.33. The fourth-order valence-electron chi connectivity index (χ4n) is 1.83. The van der Waals surface area contributed by atoms with Crippen molar-refractivity contribution >= 4 is 5.91 Å². The summed E-state index contributed by atoms with van der Waals surface area (Å²) < 4.78 is 10.4. The highest BCUT2D eigenvalue weighted by Gasteiger charge is 2.29. The Morgan fingerprint density at radius 3 is 3.12 bits per heavy atom. The van der Waals surface area contributed by atoms with Crippen molar-refractivity contribution in [1.82, 2.24) is 5.32 Å². The zero-order chi connectivity index (χ0) is 12.3. The summed E-state index contributed by atoms with van der Waals surface area (Å²) in [4.78, 5) is 11.7. The van der Waals surface area contributed by atoms with Crippen molar-refractivity contribution in [3.63, 3.8) is 0 Å². The van der Waals surface area contributed by atoms with E-state index in [-0.39, 0.29) is 18.6 Å². The highest BCUT2D eigenvalue weighted by Crippen LogP contribution is 2.20. The Balaban J connectivity index is 1.87. The third kappa shape index (κ3) is 2.87. The van der Waals surface area contributed by atoms with E-state index in [0.717, 1.165) is 12.8 Å². The first-order valence-corrected chi connectivity index (χ1v) is 5.75. The van der Waals surface area contributed by atoms with Crippen LogP contribution in [0.2, 0.25) is 0 Å². The zero-order valence-electron chi connectivity index (χ0n) is 9.81. The normalized spacial score (nSPS) is 23.3. The van der Waals surface area contributed by atoms with E-state index in [4.69, 9.17) is 9.15 Å². The zero-order valence-corrected chi connectivity index (χ0v) is 9.81. The van der Waals surface area contributed by atoms with Crippen LogP contribution < -0.4 is 5.32 Å². The van der Waals surface area contributed by atoms with Gasteiger partial charge in [0, 0.05) is 6.61 Å². The standard InChI is InChI=1S/C12H17NO4/c1-12(15,10-5-3-7-17-10)8-13-11(14)9-4-2-6-16-9/h3,5,7,9,15H,2,4,6,8H2,1H3,(H,13,14). The van der Waals surface area contributed by atoms with Gasteiger partial charge < -0.3 is 19.6 Å². The Labute approximate surface area is 99.8 Å². The molecule has 1 aromatic rings. The third-order valence-corrected chi connectivity index (χ3v) is 2.88. The molecule has 17 heavy (non-hydrogen) atoms. The summed E-state index contributed by atoms with van der Waals surface area (Å²) in [7, 11) is 0. The molecule has 2 unspecified atom stereocenters. The van der Waals surface area contributed by atoms with Gasteiger partial charge in [0.2, 0.25) is 5.91 Å². The van der Waals surface area contributed by atoms with E-state index in [9.17, 15) is 9.90 Å². The first-order chi connectivity index (χ1) is 8.09. The number of amides is 1. The number of furan rings is 1. The Bertz CT molecular complexity index is 366. The van der Waals surface area contributed by atoms with Crippen LogP contribution in [0.15, 0.2) is 22.8 Å². The molecule has 1 aliphatic rings. The summed E-state index contributed by atoms with van der Waals surface area (Å²) in [5.74, 6) is 0.263. The summed E-state index contributed by atoms with van der Waals surface area (Å²) in [5.41, 5.74) is -1.20. The molecule has 0 radical (unpaired) electrons. The highest BCUT2D eigenvalue weighted by molar-refractivity contribution is 5.81. The fraction of sp³-hybridized carbons (Fsp3) is 0.583. The van der Waals surface area contributed by atoms with Gasteiger partial charge in [-0.2, -0.15) is 0 Å². The molecule has 0 spiro atoms. The van der Waals surface area contributed by atoms with Crippen molar-refractivity contribution in [3.05, 3.63) is 24.2 Å². The molecule has 0 bridgehead atoms. The molecule has 94 valence electrons. The molecular formula is C12H17NO4. The number of hydrogen-bond donors (Lipinski definition) is 2. The predicted molar refractivity (Wildman–Crippen MR) is 60.3 cm³/mol. The van der Waals surface area contributed by atoms with Gasteiger partial charge in [0.1, 0.15) is 17.5 Å². The molecular weight excluding hydrogens is 222 g/mol. The van der Waals surface area contributed by atoms with Crippen LogP contribution in [0.5, 0.6) is 0 Å². The molecule has 1 fully saturated rings. The van der Waals surface area contributed by atoms with Gasteiger partial charge in [0.15, 0.2) is 0 Å². The number of hydrogen-bond acceptors (Lipinski definition) is 4.